The summed E-state index contributed by atoms with van der Waals surface area (Å²) in [5, 5.41) is 4.64. The molecule has 0 spiro atoms. The summed E-state index contributed by atoms with van der Waals surface area (Å²) in [4.78, 5) is 4.56. The summed E-state index contributed by atoms with van der Waals surface area (Å²) in [6, 6.07) is 17.0. The number of para-hydroxylation sites is 1. The summed E-state index contributed by atoms with van der Waals surface area (Å²) in [7, 11) is 0. The Bertz CT molecular complexity index is 757. The molecule has 1 aromatic heterocycles. The molecule has 0 amide bonds. The molecule has 0 atom stereocenters. The lowest BCUT2D eigenvalue weighted by Crippen LogP contribution is -1.90. The van der Waals surface area contributed by atoms with Crippen molar-refractivity contribution in [1.82, 2.24) is 4.98 Å². The molecule has 92 valence electrons. The molecule has 2 heteroatoms. The number of pyridine rings is 1. The normalized spacial score (nSPS) is 13.3. The van der Waals surface area contributed by atoms with Crippen molar-refractivity contribution in [3.8, 4) is 11.1 Å². The van der Waals surface area contributed by atoms with Crippen molar-refractivity contribution < 1.29 is 0 Å². The monoisotopic (exact) mass is 246 g/mol. The van der Waals surface area contributed by atoms with Gasteiger partial charge in [-0.25, -0.2) is 0 Å². The van der Waals surface area contributed by atoms with Gasteiger partial charge in [0.05, 0.1) is 5.52 Å². The fraction of sp³-hybridized carbons (Fsp3) is 0.118. The van der Waals surface area contributed by atoms with Gasteiger partial charge in [0.25, 0.3) is 0 Å². The fourth-order valence-corrected chi connectivity index (χ4v) is 2.92. The Kier molecular flexibility index (Phi) is 2.27. The van der Waals surface area contributed by atoms with Crippen LogP contribution in [-0.2, 0) is 6.42 Å². The standard InChI is InChI=1S/C17H14N2/c1-4-12-5-3-10-19-17(12)15(7-1)13-6-2-8-16-14(13)9-11-18-16/h1-8,10,18H,9,11H2. The van der Waals surface area contributed by atoms with E-state index < -0.39 is 0 Å². The maximum Gasteiger partial charge on any atom is 0.0780 e. The first-order chi connectivity index (χ1) is 9.43. The number of fused-ring (bicyclic) bond motifs is 2. The van der Waals surface area contributed by atoms with E-state index in [1.807, 2.05) is 12.3 Å². The van der Waals surface area contributed by atoms with Crippen LogP contribution in [0.1, 0.15) is 5.56 Å². The van der Waals surface area contributed by atoms with E-state index in [2.05, 4.69) is 52.8 Å². The molecule has 0 saturated heterocycles. The Hall–Kier alpha value is -2.35. The molecule has 1 aliphatic rings. The SMILES string of the molecule is c1cc2c(c(-c3cccc4cccnc34)c1)CCN2. The predicted molar refractivity (Wildman–Crippen MR) is 79.4 cm³/mol. The first-order valence-electron chi connectivity index (χ1n) is 6.63. The second-order valence-corrected chi connectivity index (χ2v) is 4.89. The molecule has 4 rings (SSSR count). The highest BCUT2D eigenvalue weighted by Gasteiger charge is 2.16. The van der Waals surface area contributed by atoms with Crippen LogP contribution in [0.3, 0.4) is 0 Å². The highest BCUT2D eigenvalue weighted by atomic mass is 14.9. The van der Waals surface area contributed by atoms with Crippen LogP contribution < -0.4 is 5.32 Å². The third-order valence-corrected chi connectivity index (χ3v) is 3.79. The molecule has 1 aliphatic heterocycles. The largest absolute Gasteiger partial charge is 0.384 e. The third-order valence-electron chi connectivity index (χ3n) is 3.79. The molecule has 0 bridgehead atoms. The second kappa shape index (κ2) is 4.09. The average Bonchev–Trinajstić information content (AvgIpc) is 2.95. The highest BCUT2D eigenvalue weighted by Crippen LogP contribution is 2.35. The quantitative estimate of drug-likeness (QED) is 0.705. The minimum absolute atomic E-state index is 1.03. The Morgan fingerprint density at radius 3 is 2.74 bits per heavy atom. The first-order valence-corrected chi connectivity index (χ1v) is 6.63. The molecule has 2 nitrogen and oxygen atoms in total. The third kappa shape index (κ3) is 1.60. The average molecular weight is 246 g/mol. The van der Waals surface area contributed by atoms with Crippen molar-refractivity contribution >= 4 is 16.6 Å². The lowest BCUT2D eigenvalue weighted by molar-refractivity contribution is 1.11. The molecule has 2 aromatic carbocycles. The minimum atomic E-state index is 1.03. The number of hydrogen-bond donors (Lipinski definition) is 1. The summed E-state index contributed by atoms with van der Waals surface area (Å²) in [6.07, 6.45) is 2.96. The van der Waals surface area contributed by atoms with Crippen molar-refractivity contribution in [3.05, 3.63) is 60.3 Å². The predicted octanol–water partition coefficient (Wildman–Crippen LogP) is 3.87. The van der Waals surface area contributed by atoms with Gasteiger partial charge in [0.15, 0.2) is 0 Å². The number of hydrogen-bond acceptors (Lipinski definition) is 2. The molecular weight excluding hydrogens is 232 g/mol. The molecule has 0 radical (unpaired) electrons. The van der Waals surface area contributed by atoms with Gasteiger partial charge in [-0.05, 0) is 29.7 Å². The number of nitrogens with zero attached hydrogens (tertiary/aromatic N) is 1. The Labute approximate surface area is 112 Å². The molecule has 0 aliphatic carbocycles. The van der Waals surface area contributed by atoms with Gasteiger partial charge in [0.2, 0.25) is 0 Å². The van der Waals surface area contributed by atoms with E-state index in [-0.39, 0.29) is 0 Å². The summed E-state index contributed by atoms with van der Waals surface area (Å²) < 4.78 is 0. The smallest absolute Gasteiger partial charge is 0.0780 e. The number of benzene rings is 2. The summed E-state index contributed by atoms with van der Waals surface area (Å²) in [6.45, 7) is 1.03. The zero-order valence-electron chi connectivity index (χ0n) is 10.6. The number of rotatable bonds is 1. The summed E-state index contributed by atoms with van der Waals surface area (Å²) in [5.74, 6) is 0. The van der Waals surface area contributed by atoms with E-state index in [9.17, 15) is 0 Å². The van der Waals surface area contributed by atoms with Crippen LogP contribution in [0, 0.1) is 0 Å². The van der Waals surface area contributed by atoms with Crippen LogP contribution in [-0.4, -0.2) is 11.5 Å². The van der Waals surface area contributed by atoms with Crippen molar-refractivity contribution in [2.75, 3.05) is 11.9 Å². The Morgan fingerprint density at radius 2 is 1.74 bits per heavy atom. The van der Waals surface area contributed by atoms with Crippen molar-refractivity contribution in [2.45, 2.75) is 6.42 Å². The summed E-state index contributed by atoms with van der Waals surface area (Å²) in [5.41, 5.74) is 6.32. The molecule has 0 saturated carbocycles. The Balaban J connectivity index is 2.04. The fourth-order valence-electron chi connectivity index (χ4n) is 2.92. The molecule has 2 heterocycles. The van der Waals surface area contributed by atoms with Gasteiger partial charge in [-0.2, -0.15) is 0 Å². The maximum absolute atomic E-state index is 4.56. The van der Waals surface area contributed by atoms with E-state index in [1.54, 1.807) is 0 Å². The van der Waals surface area contributed by atoms with Gasteiger partial charge >= 0.3 is 0 Å². The van der Waals surface area contributed by atoms with Gasteiger partial charge in [0, 0.05) is 29.4 Å². The maximum atomic E-state index is 4.56. The van der Waals surface area contributed by atoms with Crippen LogP contribution in [0.5, 0.6) is 0 Å². The van der Waals surface area contributed by atoms with Crippen LogP contribution in [0.25, 0.3) is 22.0 Å². The first kappa shape index (κ1) is 10.6. The van der Waals surface area contributed by atoms with Crippen molar-refractivity contribution in [1.29, 1.82) is 0 Å². The number of nitrogens with one attached hydrogen (secondary N) is 1. The zero-order chi connectivity index (χ0) is 12.7. The van der Waals surface area contributed by atoms with E-state index in [4.69, 9.17) is 0 Å². The second-order valence-electron chi connectivity index (χ2n) is 4.89. The van der Waals surface area contributed by atoms with Crippen LogP contribution in [0.4, 0.5) is 5.69 Å². The lowest BCUT2D eigenvalue weighted by atomic mass is 9.96. The number of anilines is 1. The molecular formula is C17H14N2. The van der Waals surface area contributed by atoms with Crippen molar-refractivity contribution in [2.24, 2.45) is 0 Å². The van der Waals surface area contributed by atoms with Gasteiger partial charge in [0.1, 0.15) is 0 Å². The molecule has 19 heavy (non-hydrogen) atoms. The van der Waals surface area contributed by atoms with Gasteiger partial charge in [-0.15, -0.1) is 0 Å². The Morgan fingerprint density at radius 1 is 0.895 bits per heavy atom. The topological polar surface area (TPSA) is 24.9 Å². The molecule has 1 N–H and O–H groups in total. The van der Waals surface area contributed by atoms with Gasteiger partial charge in [-0.3, -0.25) is 4.98 Å². The van der Waals surface area contributed by atoms with Crippen molar-refractivity contribution in [3.63, 3.8) is 0 Å². The van der Waals surface area contributed by atoms with Crippen LogP contribution >= 0.6 is 0 Å². The van der Waals surface area contributed by atoms with Gasteiger partial charge < -0.3 is 5.32 Å². The zero-order valence-corrected chi connectivity index (χ0v) is 10.6. The van der Waals surface area contributed by atoms with E-state index in [0.717, 1.165) is 18.5 Å². The lowest BCUT2D eigenvalue weighted by Gasteiger charge is -2.10. The van der Waals surface area contributed by atoms with Gasteiger partial charge in [-0.1, -0.05) is 36.4 Å². The van der Waals surface area contributed by atoms with Crippen LogP contribution in [0.2, 0.25) is 0 Å². The minimum Gasteiger partial charge on any atom is -0.384 e. The number of aromatic nitrogens is 1. The van der Waals surface area contributed by atoms with Crippen LogP contribution in [0.15, 0.2) is 54.7 Å². The molecule has 3 aromatic rings. The highest BCUT2D eigenvalue weighted by molar-refractivity contribution is 5.95. The molecule has 0 unspecified atom stereocenters. The van der Waals surface area contributed by atoms with E-state index in [1.165, 1.54) is 27.8 Å². The summed E-state index contributed by atoms with van der Waals surface area (Å²) >= 11 is 0. The van der Waals surface area contributed by atoms with E-state index in [0.29, 0.717) is 0 Å². The molecule has 0 fully saturated rings. The van der Waals surface area contributed by atoms with E-state index >= 15 is 0 Å².